The van der Waals surface area contributed by atoms with E-state index < -0.39 is 28.7 Å². The highest BCUT2D eigenvalue weighted by Crippen LogP contribution is 2.40. The number of quaternary nitrogens is 1. The molecule has 0 saturated carbocycles. The van der Waals surface area contributed by atoms with E-state index in [9.17, 15) is 29.4 Å². The number of β-lactam (4-membered cyclic amide) rings is 1. The number of rotatable bonds is 7. The van der Waals surface area contributed by atoms with Gasteiger partial charge in [0.05, 0.1) is 19.8 Å². The molecule has 0 spiro atoms. The van der Waals surface area contributed by atoms with Crippen LogP contribution in [-0.4, -0.2) is 80.7 Å². The van der Waals surface area contributed by atoms with Crippen molar-refractivity contribution < 1.29 is 29.1 Å². The van der Waals surface area contributed by atoms with Gasteiger partial charge in [-0.15, -0.1) is 11.8 Å². The quantitative estimate of drug-likeness (QED) is 0.258. The number of fused-ring (bicyclic) bond motifs is 1. The Labute approximate surface area is 164 Å². The Morgan fingerprint density at radius 2 is 2.14 bits per heavy atom. The second-order valence-electron chi connectivity index (χ2n) is 7.39. The Bertz CT molecular complexity index is 924. The van der Waals surface area contributed by atoms with E-state index in [2.05, 4.69) is 10.3 Å². The van der Waals surface area contributed by atoms with Gasteiger partial charge in [0, 0.05) is 23.6 Å². The highest BCUT2D eigenvalue weighted by atomic mass is 32.2. The second-order valence-corrected chi connectivity index (χ2v) is 8.49. The molecule has 28 heavy (non-hydrogen) atoms. The summed E-state index contributed by atoms with van der Waals surface area (Å²) >= 11 is 1.41. The predicted octanol–water partition coefficient (Wildman–Crippen LogP) is -0.975. The van der Waals surface area contributed by atoms with E-state index in [4.69, 9.17) is 0 Å². The van der Waals surface area contributed by atoms with E-state index in [0.29, 0.717) is 41.0 Å². The van der Waals surface area contributed by atoms with Gasteiger partial charge in [-0.05, 0) is 0 Å². The van der Waals surface area contributed by atoms with Crippen molar-refractivity contribution in [3.05, 3.63) is 39.5 Å². The monoisotopic (exact) mass is 409 g/mol. The minimum Gasteiger partial charge on any atom is -0.503 e. The first-order valence-corrected chi connectivity index (χ1v) is 9.52. The Kier molecular flexibility index (Phi) is 5.22. The fraction of sp³-hybridized carbons (Fsp3) is 0.412. The van der Waals surface area contributed by atoms with Gasteiger partial charge in [0.25, 0.3) is 5.91 Å². The number of carbonyl (C=O) groups excluding carboxylic acids is 2. The molecular formula is C17H21N4O6S+. The number of carboxylic acid groups (broad SMARTS) is 1. The molecule has 0 aliphatic carbocycles. The summed E-state index contributed by atoms with van der Waals surface area (Å²) in [5.41, 5.74) is 0.679. The number of amides is 2. The molecule has 2 aliphatic rings. The molecule has 11 heteroatoms. The van der Waals surface area contributed by atoms with Crippen LogP contribution in [0.4, 0.5) is 0 Å². The average molecular weight is 409 g/mol. The van der Waals surface area contributed by atoms with Gasteiger partial charge >= 0.3 is 5.97 Å². The fourth-order valence-corrected chi connectivity index (χ4v) is 4.88. The van der Waals surface area contributed by atoms with Crippen molar-refractivity contribution in [1.82, 2.24) is 15.2 Å². The van der Waals surface area contributed by atoms with E-state index in [-0.39, 0.29) is 11.4 Å². The van der Waals surface area contributed by atoms with E-state index in [1.54, 1.807) is 0 Å². The van der Waals surface area contributed by atoms with Crippen molar-refractivity contribution in [3.63, 3.8) is 0 Å². The molecule has 4 N–H and O–H groups in total. The molecule has 2 amide bonds. The molecule has 0 aromatic carbocycles. The van der Waals surface area contributed by atoms with Crippen LogP contribution in [0, 0.1) is 0 Å². The number of thioether (sulfide) groups is 1. The van der Waals surface area contributed by atoms with Crippen LogP contribution in [-0.2, 0) is 20.9 Å². The second kappa shape index (κ2) is 7.32. The molecule has 3 heterocycles. The highest BCUT2D eigenvalue weighted by Gasteiger charge is 2.54. The number of aliphatic carboxylic acids is 1. The fourth-order valence-electron chi connectivity index (χ4n) is 3.53. The van der Waals surface area contributed by atoms with Crippen LogP contribution in [0.5, 0.6) is 5.75 Å². The third-order valence-electron chi connectivity index (χ3n) is 4.67. The first-order chi connectivity index (χ1) is 13.1. The number of carbonyl (C=O) groups is 3. The average Bonchev–Trinajstić information content (AvgIpc) is 2.61. The van der Waals surface area contributed by atoms with Crippen LogP contribution in [0.2, 0.25) is 0 Å². The number of nitrogens with zero attached hydrogens (tertiary/aromatic N) is 2. The molecule has 3 rings (SSSR count). The van der Waals surface area contributed by atoms with Crippen LogP contribution >= 0.6 is 11.8 Å². The summed E-state index contributed by atoms with van der Waals surface area (Å²) in [5.74, 6) is -1.57. The van der Waals surface area contributed by atoms with Crippen LogP contribution in [0.3, 0.4) is 0 Å². The predicted molar refractivity (Wildman–Crippen MR) is 100 cm³/mol. The number of likely N-dealkylation sites (N-methyl/N-ethyl adjacent to an activating group) is 1. The number of carboxylic acids is 1. The van der Waals surface area contributed by atoms with Crippen molar-refractivity contribution in [1.29, 1.82) is 0 Å². The van der Waals surface area contributed by atoms with Crippen molar-refractivity contribution in [2.24, 2.45) is 0 Å². The van der Waals surface area contributed by atoms with Gasteiger partial charge in [0.1, 0.15) is 30.2 Å². The summed E-state index contributed by atoms with van der Waals surface area (Å²) in [4.78, 5) is 50.5. The van der Waals surface area contributed by atoms with Gasteiger partial charge < -0.3 is 25.0 Å². The van der Waals surface area contributed by atoms with Crippen LogP contribution < -0.4 is 10.7 Å². The van der Waals surface area contributed by atoms with Crippen molar-refractivity contribution in [3.8, 4) is 5.75 Å². The largest absolute Gasteiger partial charge is 0.503 e. The first kappa shape index (κ1) is 20.0. The maximum Gasteiger partial charge on any atom is 0.352 e. The summed E-state index contributed by atoms with van der Waals surface area (Å²) in [6.45, 7) is 0.739. The van der Waals surface area contributed by atoms with Crippen molar-refractivity contribution >= 4 is 30.0 Å². The zero-order chi connectivity index (χ0) is 20.6. The molecule has 2 atom stereocenters. The smallest absolute Gasteiger partial charge is 0.352 e. The summed E-state index contributed by atoms with van der Waals surface area (Å²) < 4.78 is 0.329. The molecule has 1 saturated heterocycles. The number of aromatic amines is 1. The van der Waals surface area contributed by atoms with E-state index in [1.807, 2.05) is 14.1 Å². The zero-order valence-electron chi connectivity index (χ0n) is 15.3. The van der Waals surface area contributed by atoms with Crippen LogP contribution in [0.1, 0.15) is 5.69 Å². The molecule has 1 aromatic rings. The number of hydrogen-bond donors (Lipinski definition) is 4. The van der Waals surface area contributed by atoms with Crippen molar-refractivity contribution in [2.45, 2.75) is 18.0 Å². The van der Waals surface area contributed by atoms with E-state index in [1.165, 1.54) is 28.9 Å². The summed E-state index contributed by atoms with van der Waals surface area (Å²) in [6.07, 6.45) is 1.66. The molecule has 0 bridgehead atoms. The first-order valence-electron chi connectivity index (χ1n) is 8.47. The van der Waals surface area contributed by atoms with Gasteiger partial charge in [0.15, 0.2) is 5.75 Å². The van der Waals surface area contributed by atoms with Gasteiger partial charge in [-0.3, -0.25) is 19.3 Å². The molecule has 1 aromatic heterocycles. The lowest BCUT2D eigenvalue weighted by Gasteiger charge is -2.49. The topological polar surface area (TPSA) is 140 Å². The lowest BCUT2D eigenvalue weighted by Crippen LogP contribution is -2.69. The Morgan fingerprint density at radius 1 is 1.43 bits per heavy atom. The lowest BCUT2D eigenvalue weighted by molar-refractivity contribution is -0.899. The SMILES string of the molecule is C[N+](C)(CC1=C(C(=O)O)N2C(=O)[C@@H](NC=O)[C@@H]2SC1)Cc1cc(=O)c(O)c[nH]1. The molecule has 0 unspecified atom stereocenters. The molecule has 2 aliphatic heterocycles. The number of hydrogen-bond acceptors (Lipinski definition) is 6. The Balaban J connectivity index is 1.83. The lowest BCUT2D eigenvalue weighted by atomic mass is 10.0. The highest BCUT2D eigenvalue weighted by molar-refractivity contribution is 8.00. The maximum atomic E-state index is 12.3. The normalized spacial score (nSPS) is 21.8. The summed E-state index contributed by atoms with van der Waals surface area (Å²) in [6, 6.07) is 0.602. The number of H-pyrrole nitrogens is 1. The summed E-state index contributed by atoms with van der Waals surface area (Å²) in [5, 5.41) is 21.1. The van der Waals surface area contributed by atoms with Gasteiger partial charge in [-0.2, -0.15) is 0 Å². The summed E-state index contributed by atoms with van der Waals surface area (Å²) in [7, 11) is 3.76. The van der Waals surface area contributed by atoms with E-state index in [0.717, 1.165) is 0 Å². The Hall–Kier alpha value is -2.79. The van der Waals surface area contributed by atoms with Gasteiger partial charge in [0.2, 0.25) is 11.8 Å². The number of aromatic hydroxyl groups is 1. The molecule has 0 radical (unpaired) electrons. The minimum atomic E-state index is -1.18. The van der Waals surface area contributed by atoms with E-state index >= 15 is 0 Å². The van der Waals surface area contributed by atoms with Crippen LogP contribution in [0.15, 0.2) is 28.3 Å². The van der Waals surface area contributed by atoms with Crippen LogP contribution in [0.25, 0.3) is 0 Å². The number of nitrogens with one attached hydrogen (secondary N) is 2. The maximum absolute atomic E-state index is 12.3. The standard InChI is InChI=1S/C17H20N4O6S/c1-21(2,6-10-3-11(23)12(24)4-18-10)5-9-7-28-16-13(19-8-22)15(25)20(16)14(9)17(26)27/h3-4,8,13,16H,5-7H2,1-2H3,(H3-,18,19,22,23,24,26,27)/p+1/t13-,16+/m1/s1. The minimum absolute atomic E-state index is 0.0388. The molecule has 1 fully saturated rings. The molecular weight excluding hydrogens is 388 g/mol. The molecule has 10 nitrogen and oxygen atoms in total. The zero-order valence-corrected chi connectivity index (χ0v) is 16.2. The molecule has 150 valence electrons. The van der Waals surface area contributed by atoms with Gasteiger partial charge in [-0.25, -0.2) is 4.79 Å². The Morgan fingerprint density at radius 3 is 2.75 bits per heavy atom. The van der Waals surface area contributed by atoms with Gasteiger partial charge in [-0.1, -0.05) is 0 Å². The number of pyridine rings is 1. The third-order valence-corrected chi connectivity index (χ3v) is 6.01. The third kappa shape index (κ3) is 3.62. The number of aromatic nitrogens is 1. The van der Waals surface area contributed by atoms with Crippen molar-refractivity contribution in [2.75, 3.05) is 26.4 Å².